The van der Waals surface area contributed by atoms with E-state index in [1.165, 1.54) is 30.4 Å². The molecule has 20 heavy (non-hydrogen) atoms. The molecule has 0 amide bonds. The molecule has 3 atom stereocenters. The van der Waals surface area contributed by atoms with Crippen LogP contribution in [0.25, 0.3) is 0 Å². The second-order valence-corrected chi connectivity index (χ2v) is 6.53. The van der Waals surface area contributed by atoms with Crippen LogP contribution in [0.15, 0.2) is 18.2 Å². The summed E-state index contributed by atoms with van der Waals surface area (Å²) in [5.74, 6) is 1.09. The van der Waals surface area contributed by atoms with Crippen LogP contribution in [0.3, 0.4) is 0 Å². The summed E-state index contributed by atoms with van der Waals surface area (Å²) in [6.45, 7) is 6.90. The highest BCUT2D eigenvalue weighted by atomic mass is 16.3. The first-order valence-electron chi connectivity index (χ1n) is 8.06. The van der Waals surface area contributed by atoms with Crippen molar-refractivity contribution >= 4 is 0 Å². The molecule has 1 aromatic rings. The van der Waals surface area contributed by atoms with E-state index in [0.29, 0.717) is 17.7 Å². The molecule has 0 bridgehead atoms. The van der Waals surface area contributed by atoms with Gasteiger partial charge in [0.15, 0.2) is 0 Å². The van der Waals surface area contributed by atoms with Gasteiger partial charge < -0.3 is 10.4 Å². The molecule has 0 unspecified atom stereocenters. The van der Waals surface area contributed by atoms with Crippen molar-refractivity contribution < 1.29 is 5.11 Å². The minimum atomic E-state index is 0.121. The van der Waals surface area contributed by atoms with E-state index in [2.05, 4.69) is 39.2 Å². The maximum Gasteiger partial charge on any atom is 0.115 e. The van der Waals surface area contributed by atoms with Crippen LogP contribution in [0.1, 0.15) is 57.6 Å². The van der Waals surface area contributed by atoms with Gasteiger partial charge in [-0.15, -0.1) is 0 Å². The molecule has 0 saturated heterocycles. The third kappa shape index (κ3) is 2.58. The number of aromatic hydroxyl groups is 1. The molecule has 2 rings (SSSR count). The van der Waals surface area contributed by atoms with Crippen LogP contribution < -0.4 is 5.32 Å². The molecular weight excluding hydrogens is 246 g/mol. The van der Waals surface area contributed by atoms with Crippen LogP contribution in [-0.4, -0.2) is 18.2 Å². The van der Waals surface area contributed by atoms with Crippen LogP contribution in [0.4, 0.5) is 0 Å². The summed E-state index contributed by atoms with van der Waals surface area (Å²) in [5.41, 5.74) is 2.91. The highest BCUT2D eigenvalue weighted by Crippen LogP contribution is 2.45. The molecule has 0 heterocycles. The Morgan fingerprint density at radius 3 is 2.65 bits per heavy atom. The van der Waals surface area contributed by atoms with Crippen molar-refractivity contribution in [2.45, 2.75) is 64.3 Å². The molecule has 2 nitrogen and oxygen atoms in total. The number of hydrogen-bond donors (Lipinski definition) is 2. The first-order chi connectivity index (χ1) is 9.56. The van der Waals surface area contributed by atoms with Gasteiger partial charge >= 0.3 is 0 Å². The number of phenolic OH excluding ortho intramolecular Hbond substituents is 1. The van der Waals surface area contributed by atoms with Crippen LogP contribution in [0.5, 0.6) is 5.75 Å². The quantitative estimate of drug-likeness (QED) is 0.851. The fraction of sp³-hybridized carbons (Fsp3) is 0.667. The van der Waals surface area contributed by atoms with E-state index in [1.54, 1.807) is 0 Å². The van der Waals surface area contributed by atoms with Crippen LogP contribution >= 0.6 is 0 Å². The Balaban J connectivity index is 2.50. The van der Waals surface area contributed by atoms with Gasteiger partial charge in [-0.2, -0.15) is 0 Å². The first kappa shape index (κ1) is 15.4. The maximum absolute atomic E-state index is 9.90. The molecule has 1 aliphatic rings. The van der Waals surface area contributed by atoms with Crippen molar-refractivity contribution in [2.75, 3.05) is 7.05 Å². The number of phenols is 1. The van der Waals surface area contributed by atoms with Crippen molar-refractivity contribution in [2.24, 2.45) is 5.92 Å². The molecule has 1 aliphatic carbocycles. The van der Waals surface area contributed by atoms with E-state index < -0.39 is 0 Å². The minimum absolute atomic E-state index is 0.121. The predicted octanol–water partition coefficient (Wildman–Crippen LogP) is 4.01. The number of fused-ring (bicyclic) bond motifs is 1. The third-order valence-electron chi connectivity index (χ3n) is 5.09. The Hall–Kier alpha value is -1.02. The number of rotatable bonds is 5. The van der Waals surface area contributed by atoms with Crippen LogP contribution in [-0.2, 0) is 11.8 Å². The Kier molecular flexibility index (Phi) is 4.74. The van der Waals surface area contributed by atoms with Gasteiger partial charge in [-0.25, -0.2) is 0 Å². The summed E-state index contributed by atoms with van der Waals surface area (Å²) in [4.78, 5) is 0. The molecule has 0 aliphatic heterocycles. The van der Waals surface area contributed by atoms with Crippen molar-refractivity contribution in [3.63, 3.8) is 0 Å². The summed E-state index contributed by atoms with van der Waals surface area (Å²) in [6.07, 6.45) is 5.97. The number of nitrogens with one attached hydrogen (secondary N) is 1. The average Bonchev–Trinajstić information content (AvgIpc) is 2.41. The zero-order chi connectivity index (χ0) is 14.8. The Labute approximate surface area is 123 Å². The zero-order valence-corrected chi connectivity index (χ0v) is 13.4. The second-order valence-electron chi connectivity index (χ2n) is 6.53. The predicted molar refractivity (Wildman–Crippen MR) is 85.3 cm³/mol. The lowest BCUT2D eigenvalue weighted by Gasteiger charge is -2.48. The molecule has 0 aromatic heterocycles. The summed E-state index contributed by atoms with van der Waals surface area (Å²) in [7, 11) is 2.09. The molecule has 0 spiro atoms. The topological polar surface area (TPSA) is 32.3 Å². The van der Waals surface area contributed by atoms with Crippen LogP contribution in [0.2, 0.25) is 0 Å². The van der Waals surface area contributed by atoms with Gasteiger partial charge in [0.2, 0.25) is 0 Å². The summed E-state index contributed by atoms with van der Waals surface area (Å²) in [6, 6.07) is 6.47. The highest BCUT2D eigenvalue weighted by Gasteiger charge is 2.43. The van der Waals surface area contributed by atoms with Gasteiger partial charge in [0, 0.05) is 11.5 Å². The molecule has 0 saturated carbocycles. The Morgan fingerprint density at radius 1 is 1.30 bits per heavy atom. The maximum atomic E-state index is 9.90. The Bertz CT molecular complexity index is 457. The average molecular weight is 275 g/mol. The van der Waals surface area contributed by atoms with E-state index in [4.69, 9.17) is 0 Å². The monoisotopic (exact) mass is 275 g/mol. The highest BCUT2D eigenvalue weighted by molar-refractivity contribution is 5.43. The molecule has 2 N–H and O–H groups in total. The summed E-state index contributed by atoms with van der Waals surface area (Å²) in [5, 5.41) is 13.5. The minimum Gasteiger partial charge on any atom is -0.508 e. The van der Waals surface area contributed by atoms with Gasteiger partial charge in [-0.1, -0.05) is 39.7 Å². The third-order valence-corrected chi connectivity index (χ3v) is 5.09. The molecule has 0 fully saturated rings. The van der Waals surface area contributed by atoms with E-state index in [0.717, 1.165) is 12.8 Å². The fourth-order valence-corrected chi connectivity index (χ4v) is 4.37. The van der Waals surface area contributed by atoms with Gasteiger partial charge in [0.25, 0.3) is 0 Å². The van der Waals surface area contributed by atoms with Gasteiger partial charge in [0.05, 0.1) is 0 Å². The smallest absolute Gasteiger partial charge is 0.115 e. The lowest BCUT2D eigenvalue weighted by molar-refractivity contribution is 0.194. The molecule has 1 aromatic carbocycles. The van der Waals surface area contributed by atoms with E-state index in [-0.39, 0.29) is 5.41 Å². The largest absolute Gasteiger partial charge is 0.508 e. The summed E-state index contributed by atoms with van der Waals surface area (Å²) < 4.78 is 0. The van der Waals surface area contributed by atoms with Crippen molar-refractivity contribution in [1.82, 2.24) is 5.32 Å². The molecule has 2 heteroatoms. The molecule has 112 valence electrons. The lowest BCUT2D eigenvalue weighted by Crippen LogP contribution is -2.53. The first-order valence-corrected chi connectivity index (χ1v) is 8.06. The zero-order valence-electron chi connectivity index (χ0n) is 13.4. The van der Waals surface area contributed by atoms with Crippen molar-refractivity contribution in [1.29, 1.82) is 0 Å². The SMILES string of the molecule is CCC[C@H]1Cc2ccc(O)cc2[C@@](C)(CCC)[C@H]1NC. The van der Waals surface area contributed by atoms with Crippen molar-refractivity contribution in [3.05, 3.63) is 29.3 Å². The van der Waals surface area contributed by atoms with Gasteiger partial charge in [-0.05, 0) is 55.5 Å². The van der Waals surface area contributed by atoms with E-state index in [9.17, 15) is 5.11 Å². The Morgan fingerprint density at radius 2 is 2.05 bits per heavy atom. The lowest BCUT2D eigenvalue weighted by atomic mass is 9.61. The normalized spacial score (nSPS) is 29.2. The van der Waals surface area contributed by atoms with Gasteiger partial charge in [-0.3, -0.25) is 0 Å². The number of benzene rings is 1. The van der Waals surface area contributed by atoms with E-state index in [1.807, 2.05) is 12.1 Å². The van der Waals surface area contributed by atoms with Crippen molar-refractivity contribution in [3.8, 4) is 5.75 Å². The molecular formula is C18H29NO. The fourth-order valence-electron chi connectivity index (χ4n) is 4.37. The van der Waals surface area contributed by atoms with Crippen LogP contribution in [0, 0.1) is 5.92 Å². The second kappa shape index (κ2) is 6.17. The van der Waals surface area contributed by atoms with Gasteiger partial charge in [0.1, 0.15) is 5.75 Å². The standard InChI is InChI=1S/C18H29NO/c1-5-7-14-11-13-8-9-15(20)12-16(13)18(3,10-6-2)17(14)19-4/h8-9,12,14,17,19-20H,5-7,10-11H2,1-4H3/t14-,17-,18+/m0/s1. The number of hydrogen-bond acceptors (Lipinski definition) is 2. The van der Waals surface area contributed by atoms with E-state index >= 15 is 0 Å². The number of likely N-dealkylation sites (N-methyl/N-ethyl adjacent to an activating group) is 1. The molecule has 0 radical (unpaired) electrons. The summed E-state index contributed by atoms with van der Waals surface area (Å²) >= 11 is 0.